The van der Waals surface area contributed by atoms with E-state index in [2.05, 4.69) is 11.8 Å². The van der Waals surface area contributed by atoms with Gasteiger partial charge in [-0.2, -0.15) is 0 Å². The summed E-state index contributed by atoms with van der Waals surface area (Å²) in [6.07, 6.45) is 4.01. The maximum Gasteiger partial charge on any atom is 0.339 e. The van der Waals surface area contributed by atoms with Gasteiger partial charge >= 0.3 is 11.9 Å². The Hall–Kier alpha value is -3.28. The molecule has 0 fully saturated rings. The van der Waals surface area contributed by atoms with Crippen LogP contribution in [0.25, 0.3) is 5.57 Å². The van der Waals surface area contributed by atoms with Gasteiger partial charge in [-0.15, -0.1) is 0 Å². The first-order valence-corrected chi connectivity index (χ1v) is 10.0. The first-order valence-electron chi connectivity index (χ1n) is 10.0. The zero-order valence-corrected chi connectivity index (χ0v) is 17.6. The van der Waals surface area contributed by atoms with Crippen LogP contribution >= 0.6 is 0 Å². The average Bonchev–Trinajstić information content (AvgIpc) is 2.80. The molecule has 0 radical (unpaired) electrons. The van der Waals surface area contributed by atoms with Crippen molar-refractivity contribution in [2.75, 3.05) is 20.8 Å². The quantitative estimate of drug-likeness (QED) is 0.610. The molecule has 1 heterocycles. The van der Waals surface area contributed by atoms with Gasteiger partial charge in [0.1, 0.15) is 12.4 Å². The van der Waals surface area contributed by atoms with Gasteiger partial charge in [0.25, 0.3) is 0 Å². The molecular formula is C24H27NO5. The summed E-state index contributed by atoms with van der Waals surface area (Å²) < 4.78 is 15.5. The molecule has 6 heteroatoms. The fraction of sp³-hybridized carbons (Fsp3) is 0.333. The number of carbonyl (C=O) groups is 2. The van der Waals surface area contributed by atoms with Gasteiger partial charge < -0.3 is 19.1 Å². The van der Waals surface area contributed by atoms with Gasteiger partial charge in [0.2, 0.25) is 0 Å². The number of hydrogen-bond donors (Lipinski definition) is 0. The summed E-state index contributed by atoms with van der Waals surface area (Å²) in [6, 6.07) is 12.6. The number of nitrogens with zero attached hydrogens (tertiary/aromatic N) is 1. The molecule has 0 aliphatic carbocycles. The Kier molecular flexibility index (Phi) is 7.12. The zero-order chi connectivity index (χ0) is 21.5. The van der Waals surface area contributed by atoms with Gasteiger partial charge in [0.15, 0.2) is 0 Å². The van der Waals surface area contributed by atoms with E-state index in [1.807, 2.05) is 24.4 Å². The minimum absolute atomic E-state index is 0.117. The number of methoxy groups -OCH3 is 2. The lowest BCUT2D eigenvalue weighted by Gasteiger charge is -2.28. The standard InChI is InChI=1S/C24H27NO5/c1-4-5-12-25-14-19-7-6-17(13-21(19)22(15-25)24(27)29-3)16-30-23(26)18-8-10-20(28-2)11-9-18/h6-11,13,15H,4-5,12,14,16H2,1-3H3. The molecule has 0 amide bonds. The maximum atomic E-state index is 12.4. The third-order valence-electron chi connectivity index (χ3n) is 5.05. The highest BCUT2D eigenvalue weighted by Crippen LogP contribution is 2.29. The fourth-order valence-electron chi connectivity index (χ4n) is 3.36. The van der Waals surface area contributed by atoms with Crippen molar-refractivity contribution in [2.45, 2.75) is 32.9 Å². The van der Waals surface area contributed by atoms with E-state index in [-0.39, 0.29) is 12.6 Å². The predicted octanol–water partition coefficient (Wildman–Crippen LogP) is 4.18. The summed E-state index contributed by atoms with van der Waals surface area (Å²) in [6.45, 7) is 3.88. The van der Waals surface area contributed by atoms with Crippen LogP contribution in [-0.4, -0.2) is 37.6 Å². The predicted molar refractivity (Wildman–Crippen MR) is 114 cm³/mol. The van der Waals surface area contributed by atoms with Crippen molar-refractivity contribution in [1.29, 1.82) is 0 Å². The summed E-state index contributed by atoms with van der Waals surface area (Å²) in [5, 5.41) is 0. The molecule has 0 N–H and O–H groups in total. The van der Waals surface area contributed by atoms with Gasteiger partial charge in [-0.3, -0.25) is 0 Å². The summed E-state index contributed by atoms with van der Waals surface area (Å²) in [5.74, 6) is -0.106. The molecule has 1 aliphatic heterocycles. The molecule has 0 bridgehead atoms. The monoisotopic (exact) mass is 409 g/mol. The molecule has 0 atom stereocenters. The molecule has 0 aromatic heterocycles. The van der Waals surface area contributed by atoms with Crippen LogP contribution in [0.1, 0.15) is 46.8 Å². The average molecular weight is 409 g/mol. The Morgan fingerprint density at radius 3 is 2.47 bits per heavy atom. The van der Waals surface area contributed by atoms with Crippen molar-refractivity contribution in [2.24, 2.45) is 0 Å². The van der Waals surface area contributed by atoms with Crippen LogP contribution in [0.15, 0.2) is 48.7 Å². The Morgan fingerprint density at radius 1 is 1.03 bits per heavy atom. The van der Waals surface area contributed by atoms with Gasteiger partial charge in [-0.1, -0.05) is 25.5 Å². The van der Waals surface area contributed by atoms with Crippen LogP contribution in [-0.2, 0) is 27.4 Å². The molecule has 6 nitrogen and oxygen atoms in total. The van der Waals surface area contributed by atoms with Gasteiger partial charge in [0.05, 0.1) is 25.4 Å². The first kappa shape index (κ1) is 21.4. The largest absolute Gasteiger partial charge is 0.497 e. The van der Waals surface area contributed by atoms with E-state index >= 15 is 0 Å². The van der Waals surface area contributed by atoms with E-state index in [1.165, 1.54) is 7.11 Å². The molecule has 0 saturated heterocycles. The van der Waals surface area contributed by atoms with E-state index in [9.17, 15) is 9.59 Å². The summed E-state index contributed by atoms with van der Waals surface area (Å²) in [5.41, 5.74) is 3.67. The zero-order valence-electron chi connectivity index (χ0n) is 17.6. The van der Waals surface area contributed by atoms with Crippen LogP contribution in [0.4, 0.5) is 0 Å². The lowest BCUT2D eigenvalue weighted by molar-refractivity contribution is -0.133. The second-order valence-electron chi connectivity index (χ2n) is 7.15. The van der Waals surface area contributed by atoms with E-state index in [0.29, 0.717) is 16.9 Å². The van der Waals surface area contributed by atoms with Gasteiger partial charge in [-0.05, 0) is 53.4 Å². The molecule has 30 heavy (non-hydrogen) atoms. The van der Waals surface area contributed by atoms with Gasteiger partial charge in [-0.25, -0.2) is 9.59 Å². The normalized spacial score (nSPS) is 12.6. The number of unbranched alkanes of at least 4 members (excludes halogenated alkanes) is 1. The van der Waals surface area contributed by atoms with E-state index in [0.717, 1.165) is 42.6 Å². The minimum atomic E-state index is -0.412. The first-order chi connectivity index (χ1) is 14.5. The third-order valence-corrected chi connectivity index (χ3v) is 5.05. The van der Waals surface area contributed by atoms with Crippen molar-refractivity contribution in [1.82, 2.24) is 4.90 Å². The van der Waals surface area contributed by atoms with Gasteiger partial charge in [0, 0.05) is 19.3 Å². The smallest absolute Gasteiger partial charge is 0.339 e. The number of ether oxygens (including phenoxy) is 3. The van der Waals surface area contributed by atoms with Crippen LogP contribution in [0.5, 0.6) is 5.75 Å². The molecule has 158 valence electrons. The number of carbonyl (C=O) groups excluding carboxylic acids is 2. The summed E-state index contributed by atoms with van der Waals surface area (Å²) >= 11 is 0. The minimum Gasteiger partial charge on any atom is -0.497 e. The van der Waals surface area contributed by atoms with E-state index < -0.39 is 5.97 Å². The van der Waals surface area contributed by atoms with Crippen LogP contribution in [0.3, 0.4) is 0 Å². The topological polar surface area (TPSA) is 65.1 Å². The highest BCUT2D eigenvalue weighted by atomic mass is 16.5. The molecular weight excluding hydrogens is 382 g/mol. The number of hydrogen-bond acceptors (Lipinski definition) is 6. The third kappa shape index (κ3) is 5.00. The molecule has 0 unspecified atom stereocenters. The van der Waals surface area contributed by atoms with Crippen molar-refractivity contribution in [3.63, 3.8) is 0 Å². The van der Waals surface area contributed by atoms with Crippen molar-refractivity contribution in [3.8, 4) is 5.75 Å². The molecule has 3 rings (SSSR count). The van der Waals surface area contributed by atoms with Crippen LogP contribution < -0.4 is 4.74 Å². The SMILES string of the molecule is CCCCN1C=C(C(=O)OC)c2cc(COC(=O)c3ccc(OC)cc3)ccc2C1. The van der Waals surface area contributed by atoms with E-state index in [4.69, 9.17) is 14.2 Å². The molecule has 1 aliphatic rings. The number of benzene rings is 2. The molecule has 2 aromatic rings. The highest BCUT2D eigenvalue weighted by Gasteiger charge is 2.23. The number of fused-ring (bicyclic) bond motifs is 1. The molecule has 2 aromatic carbocycles. The molecule has 0 saturated carbocycles. The van der Waals surface area contributed by atoms with E-state index in [1.54, 1.807) is 31.4 Å². The number of rotatable bonds is 8. The van der Waals surface area contributed by atoms with Crippen LogP contribution in [0.2, 0.25) is 0 Å². The molecule has 0 spiro atoms. The van der Waals surface area contributed by atoms with Crippen molar-refractivity contribution < 1.29 is 23.8 Å². The van der Waals surface area contributed by atoms with Crippen LogP contribution in [0, 0.1) is 0 Å². The lowest BCUT2D eigenvalue weighted by Crippen LogP contribution is -2.25. The number of esters is 2. The lowest BCUT2D eigenvalue weighted by atomic mass is 9.94. The Balaban J connectivity index is 1.74. The maximum absolute atomic E-state index is 12.4. The highest BCUT2D eigenvalue weighted by molar-refractivity contribution is 6.17. The van der Waals surface area contributed by atoms with Crippen molar-refractivity contribution in [3.05, 3.63) is 70.9 Å². The Labute approximate surface area is 177 Å². The second-order valence-corrected chi connectivity index (χ2v) is 7.15. The summed E-state index contributed by atoms with van der Waals surface area (Å²) in [4.78, 5) is 26.8. The Morgan fingerprint density at radius 2 is 1.80 bits per heavy atom. The Bertz CT molecular complexity index is 933. The summed E-state index contributed by atoms with van der Waals surface area (Å²) in [7, 11) is 2.96. The van der Waals surface area contributed by atoms with Crippen molar-refractivity contribution >= 4 is 17.5 Å². The second kappa shape index (κ2) is 9.96. The fourth-order valence-corrected chi connectivity index (χ4v) is 3.36.